The van der Waals surface area contributed by atoms with Crippen LogP contribution in [0.15, 0.2) is 18.2 Å². The summed E-state index contributed by atoms with van der Waals surface area (Å²) in [5.41, 5.74) is 2.96. The first-order valence-corrected chi connectivity index (χ1v) is 8.50. The Balaban J connectivity index is 1.76. The molecule has 2 heteroatoms. The minimum Gasteiger partial charge on any atom is -0.508 e. The van der Waals surface area contributed by atoms with Crippen molar-refractivity contribution in [3.05, 3.63) is 29.3 Å². The molecule has 4 rings (SSSR count). The molecule has 1 unspecified atom stereocenters. The van der Waals surface area contributed by atoms with Gasteiger partial charge in [0.25, 0.3) is 0 Å². The molecule has 1 aromatic rings. The Hall–Kier alpha value is -1.02. The first-order chi connectivity index (χ1) is 10.0. The van der Waals surface area contributed by atoms with Gasteiger partial charge in [-0.05, 0) is 84.5 Å². The number of aromatic hydroxyl groups is 1. The van der Waals surface area contributed by atoms with Gasteiger partial charge >= 0.3 is 0 Å². The Morgan fingerprint density at radius 1 is 1.19 bits per heavy atom. The molecular formula is C19H26O2. The molecule has 3 aliphatic carbocycles. The van der Waals surface area contributed by atoms with Gasteiger partial charge in [-0.15, -0.1) is 0 Å². The van der Waals surface area contributed by atoms with E-state index in [9.17, 15) is 10.2 Å². The predicted molar refractivity (Wildman–Crippen MR) is 83.3 cm³/mol. The Morgan fingerprint density at radius 3 is 2.81 bits per heavy atom. The lowest BCUT2D eigenvalue weighted by Crippen LogP contribution is -2.47. The van der Waals surface area contributed by atoms with Crippen molar-refractivity contribution in [2.45, 2.75) is 58.0 Å². The van der Waals surface area contributed by atoms with Crippen molar-refractivity contribution in [2.24, 2.45) is 23.2 Å². The van der Waals surface area contributed by atoms with E-state index in [4.69, 9.17) is 0 Å². The van der Waals surface area contributed by atoms with E-state index in [1.165, 1.54) is 24.0 Å². The summed E-state index contributed by atoms with van der Waals surface area (Å²) in [7, 11) is 0. The molecule has 0 radical (unpaired) electrons. The third kappa shape index (κ3) is 1.81. The number of hydrogen-bond acceptors (Lipinski definition) is 2. The van der Waals surface area contributed by atoms with Gasteiger partial charge in [-0.3, -0.25) is 0 Å². The molecule has 0 amide bonds. The van der Waals surface area contributed by atoms with E-state index in [2.05, 4.69) is 19.9 Å². The highest BCUT2D eigenvalue weighted by Gasteiger charge is 2.56. The second-order valence-electron chi connectivity index (χ2n) is 8.00. The van der Waals surface area contributed by atoms with E-state index in [1.54, 1.807) is 0 Å². The van der Waals surface area contributed by atoms with E-state index in [-0.39, 0.29) is 11.5 Å². The topological polar surface area (TPSA) is 40.5 Å². The number of hydrogen-bond donors (Lipinski definition) is 2. The van der Waals surface area contributed by atoms with Crippen molar-refractivity contribution in [3.63, 3.8) is 0 Å². The SMILES string of the molecule is C[C@H]1C[C@]2(C)C(O)CC[C@H]2[C@@H]2CCc3cc(O)ccc3[C@H]21. The van der Waals surface area contributed by atoms with Crippen LogP contribution in [0.25, 0.3) is 0 Å². The molecule has 114 valence electrons. The fourth-order valence-corrected chi connectivity index (χ4v) is 6.10. The molecule has 21 heavy (non-hydrogen) atoms. The summed E-state index contributed by atoms with van der Waals surface area (Å²) in [5.74, 6) is 3.03. The van der Waals surface area contributed by atoms with E-state index in [1.807, 2.05) is 12.1 Å². The Bertz CT molecular complexity index is 567. The van der Waals surface area contributed by atoms with Crippen molar-refractivity contribution >= 4 is 0 Å². The van der Waals surface area contributed by atoms with E-state index >= 15 is 0 Å². The van der Waals surface area contributed by atoms with Crippen LogP contribution in [0.3, 0.4) is 0 Å². The zero-order chi connectivity index (χ0) is 14.8. The summed E-state index contributed by atoms with van der Waals surface area (Å²) in [6.45, 7) is 4.69. The fraction of sp³-hybridized carbons (Fsp3) is 0.684. The van der Waals surface area contributed by atoms with Crippen LogP contribution in [0.5, 0.6) is 5.75 Å². The lowest BCUT2D eigenvalue weighted by Gasteiger charge is -2.53. The number of phenols is 1. The largest absolute Gasteiger partial charge is 0.508 e. The van der Waals surface area contributed by atoms with E-state index in [0.29, 0.717) is 29.4 Å². The van der Waals surface area contributed by atoms with Crippen LogP contribution in [-0.2, 0) is 6.42 Å². The Labute approximate surface area is 127 Å². The molecular weight excluding hydrogens is 260 g/mol. The summed E-state index contributed by atoms with van der Waals surface area (Å²) >= 11 is 0. The minimum atomic E-state index is -0.105. The molecule has 0 saturated heterocycles. The number of fused-ring (bicyclic) bond motifs is 5. The van der Waals surface area contributed by atoms with Gasteiger partial charge in [-0.2, -0.15) is 0 Å². The first kappa shape index (κ1) is 13.6. The molecule has 6 atom stereocenters. The van der Waals surface area contributed by atoms with Gasteiger partial charge in [0.2, 0.25) is 0 Å². The van der Waals surface area contributed by atoms with Crippen molar-refractivity contribution in [2.75, 3.05) is 0 Å². The quantitative estimate of drug-likeness (QED) is 0.760. The van der Waals surface area contributed by atoms with E-state index in [0.717, 1.165) is 19.3 Å². The summed E-state index contributed by atoms with van der Waals surface area (Å²) < 4.78 is 0. The number of rotatable bonds is 0. The monoisotopic (exact) mass is 286 g/mol. The number of benzene rings is 1. The highest BCUT2D eigenvalue weighted by molar-refractivity contribution is 5.40. The maximum atomic E-state index is 10.5. The molecule has 2 saturated carbocycles. The summed E-state index contributed by atoms with van der Waals surface area (Å²) in [5, 5.41) is 20.2. The standard InChI is InChI=1S/C19H26O2/c1-11-10-19(2)16(7-8-17(19)21)15-5-3-12-9-13(20)4-6-14(12)18(11)15/h4,6,9,11,15-18,20-21H,3,5,7-8,10H2,1-2H3/t11-,15-,16-,17?,18+,19-/m0/s1. The van der Waals surface area contributed by atoms with Crippen LogP contribution < -0.4 is 0 Å². The molecule has 3 aliphatic rings. The van der Waals surface area contributed by atoms with Gasteiger partial charge in [0.15, 0.2) is 0 Å². The summed E-state index contributed by atoms with van der Waals surface area (Å²) in [6, 6.07) is 5.98. The lowest BCUT2D eigenvalue weighted by atomic mass is 9.52. The lowest BCUT2D eigenvalue weighted by molar-refractivity contribution is -0.0441. The fourth-order valence-electron chi connectivity index (χ4n) is 6.10. The molecule has 0 heterocycles. The van der Waals surface area contributed by atoms with Crippen LogP contribution >= 0.6 is 0 Å². The summed E-state index contributed by atoms with van der Waals surface area (Å²) in [6.07, 6.45) is 5.52. The van der Waals surface area contributed by atoms with Crippen LogP contribution in [0.4, 0.5) is 0 Å². The van der Waals surface area contributed by atoms with Crippen molar-refractivity contribution < 1.29 is 10.2 Å². The molecule has 2 fully saturated rings. The molecule has 0 bridgehead atoms. The van der Waals surface area contributed by atoms with Crippen LogP contribution in [0, 0.1) is 23.2 Å². The van der Waals surface area contributed by atoms with Crippen LogP contribution in [-0.4, -0.2) is 16.3 Å². The van der Waals surface area contributed by atoms with E-state index < -0.39 is 0 Å². The van der Waals surface area contributed by atoms with Gasteiger partial charge in [-0.25, -0.2) is 0 Å². The highest BCUT2D eigenvalue weighted by Crippen LogP contribution is 2.62. The van der Waals surface area contributed by atoms with Gasteiger partial charge in [0, 0.05) is 0 Å². The highest BCUT2D eigenvalue weighted by atomic mass is 16.3. The molecule has 1 aromatic carbocycles. The van der Waals surface area contributed by atoms with Crippen molar-refractivity contribution in [1.82, 2.24) is 0 Å². The zero-order valence-electron chi connectivity index (χ0n) is 13.0. The molecule has 0 aromatic heterocycles. The van der Waals surface area contributed by atoms with Gasteiger partial charge < -0.3 is 10.2 Å². The van der Waals surface area contributed by atoms with Gasteiger partial charge in [0.1, 0.15) is 5.75 Å². The van der Waals surface area contributed by atoms with Gasteiger partial charge in [0.05, 0.1) is 6.10 Å². The molecule has 2 nitrogen and oxygen atoms in total. The average Bonchev–Trinajstić information content (AvgIpc) is 2.74. The van der Waals surface area contributed by atoms with Gasteiger partial charge in [-0.1, -0.05) is 19.9 Å². The van der Waals surface area contributed by atoms with Crippen LogP contribution in [0.2, 0.25) is 0 Å². The normalized spacial score (nSPS) is 44.8. The Morgan fingerprint density at radius 2 is 2.00 bits per heavy atom. The molecule has 2 N–H and O–H groups in total. The van der Waals surface area contributed by atoms with Crippen molar-refractivity contribution in [1.29, 1.82) is 0 Å². The maximum Gasteiger partial charge on any atom is 0.115 e. The Kier molecular flexibility index (Phi) is 2.91. The second-order valence-corrected chi connectivity index (χ2v) is 8.00. The average molecular weight is 286 g/mol. The minimum absolute atomic E-state index is 0.105. The molecule has 0 aliphatic heterocycles. The number of aliphatic hydroxyl groups excluding tert-OH is 1. The zero-order valence-corrected chi connectivity index (χ0v) is 13.0. The smallest absolute Gasteiger partial charge is 0.115 e. The third-order valence-corrected chi connectivity index (χ3v) is 6.95. The predicted octanol–water partition coefficient (Wildman–Crippen LogP) is 3.86. The van der Waals surface area contributed by atoms with Crippen molar-refractivity contribution in [3.8, 4) is 5.75 Å². The third-order valence-electron chi connectivity index (χ3n) is 6.95. The number of aliphatic hydroxyl groups is 1. The molecule has 0 spiro atoms. The van der Waals surface area contributed by atoms with Crippen LogP contribution in [0.1, 0.15) is 56.6 Å². The second kappa shape index (κ2) is 4.49. The number of phenolic OH excluding ortho intramolecular Hbond substituents is 1. The summed E-state index contributed by atoms with van der Waals surface area (Å²) in [4.78, 5) is 0. The number of aryl methyl sites for hydroxylation is 1. The maximum absolute atomic E-state index is 10.5. The first-order valence-electron chi connectivity index (χ1n) is 8.50.